The lowest BCUT2D eigenvalue weighted by molar-refractivity contribution is 0.611. The van der Waals surface area contributed by atoms with Crippen LogP contribution in [0.25, 0.3) is 0 Å². The third kappa shape index (κ3) is 2.96. The van der Waals surface area contributed by atoms with E-state index in [4.69, 9.17) is 23.2 Å². The summed E-state index contributed by atoms with van der Waals surface area (Å²) in [5.74, 6) is 0. The lowest BCUT2D eigenvalue weighted by Gasteiger charge is -2.18. The Morgan fingerprint density at radius 2 is 1.94 bits per heavy atom. The first-order chi connectivity index (χ1) is 8.72. The zero-order valence-electron chi connectivity index (χ0n) is 9.77. The lowest BCUT2D eigenvalue weighted by Crippen LogP contribution is -2.23. The molecule has 0 amide bonds. The van der Waals surface area contributed by atoms with Gasteiger partial charge in [-0.25, -0.2) is 9.97 Å². The molecule has 18 heavy (non-hydrogen) atoms. The normalized spacial score (nSPS) is 12.4. The predicted molar refractivity (Wildman–Crippen MR) is 71.8 cm³/mol. The van der Waals surface area contributed by atoms with E-state index in [0.717, 1.165) is 17.8 Å². The molecule has 4 nitrogen and oxygen atoms in total. The van der Waals surface area contributed by atoms with Crippen LogP contribution in [0.1, 0.15) is 24.2 Å². The van der Waals surface area contributed by atoms with Gasteiger partial charge in [0.05, 0.1) is 21.8 Å². The Hall–Kier alpha value is -1.23. The predicted octanol–water partition coefficient (Wildman–Crippen LogP) is 2.88. The second kappa shape index (κ2) is 6.09. The Kier molecular flexibility index (Phi) is 4.47. The summed E-state index contributed by atoms with van der Waals surface area (Å²) >= 11 is 12.0. The highest BCUT2D eigenvalue weighted by molar-refractivity contribution is 6.34. The molecule has 0 fully saturated rings. The molecular formula is C12H12Cl2N4. The number of rotatable bonds is 4. The first-order valence-electron chi connectivity index (χ1n) is 5.51. The molecule has 2 aromatic rings. The molecule has 0 aliphatic heterocycles. The number of hydrogen-bond acceptors (Lipinski definition) is 4. The minimum atomic E-state index is -0.138. The molecule has 0 saturated carbocycles. The minimum absolute atomic E-state index is 0.138. The molecule has 0 radical (unpaired) electrons. The van der Waals surface area contributed by atoms with E-state index < -0.39 is 0 Å². The number of halogens is 2. The van der Waals surface area contributed by atoms with Crippen molar-refractivity contribution in [2.24, 2.45) is 0 Å². The van der Waals surface area contributed by atoms with E-state index in [-0.39, 0.29) is 6.04 Å². The maximum atomic E-state index is 6.18. The SMILES string of the molecule is CCNC(c1cncnc1)c1ncc(Cl)cc1Cl. The molecule has 94 valence electrons. The van der Waals surface area contributed by atoms with E-state index in [1.807, 2.05) is 6.92 Å². The van der Waals surface area contributed by atoms with Crippen LogP contribution in [0, 0.1) is 0 Å². The topological polar surface area (TPSA) is 50.7 Å². The molecule has 2 aromatic heterocycles. The second-order valence-electron chi connectivity index (χ2n) is 3.68. The first kappa shape index (κ1) is 13.2. The molecule has 2 rings (SSSR count). The monoisotopic (exact) mass is 282 g/mol. The summed E-state index contributed by atoms with van der Waals surface area (Å²) in [5.41, 5.74) is 1.63. The van der Waals surface area contributed by atoms with E-state index in [1.165, 1.54) is 6.33 Å². The molecule has 0 spiro atoms. The number of nitrogens with zero attached hydrogens (tertiary/aromatic N) is 3. The zero-order valence-corrected chi connectivity index (χ0v) is 11.3. The van der Waals surface area contributed by atoms with Gasteiger partial charge in [0, 0.05) is 24.2 Å². The molecule has 1 N–H and O–H groups in total. The molecule has 1 unspecified atom stereocenters. The van der Waals surface area contributed by atoms with Crippen LogP contribution in [0.15, 0.2) is 31.0 Å². The average molecular weight is 283 g/mol. The highest BCUT2D eigenvalue weighted by Gasteiger charge is 2.18. The quantitative estimate of drug-likeness (QED) is 0.937. The van der Waals surface area contributed by atoms with Crippen LogP contribution < -0.4 is 5.32 Å². The van der Waals surface area contributed by atoms with Crippen LogP contribution in [0.2, 0.25) is 10.0 Å². The van der Waals surface area contributed by atoms with Crippen molar-refractivity contribution in [3.8, 4) is 0 Å². The Labute approximate surface area is 115 Å². The molecule has 0 aromatic carbocycles. The van der Waals surface area contributed by atoms with Crippen molar-refractivity contribution in [1.82, 2.24) is 20.3 Å². The largest absolute Gasteiger partial charge is 0.305 e. The van der Waals surface area contributed by atoms with Gasteiger partial charge in [0.1, 0.15) is 6.33 Å². The molecule has 0 saturated heterocycles. The van der Waals surface area contributed by atoms with E-state index in [1.54, 1.807) is 24.7 Å². The standard InChI is InChI=1S/C12H12Cl2N4/c1-2-17-11(8-4-15-7-16-5-8)12-10(14)3-9(13)6-18-12/h3-7,11,17H,2H2,1H3. The van der Waals surface area contributed by atoms with Crippen molar-refractivity contribution in [2.75, 3.05) is 6.54 Å². The lowest BCUT2D eigenvalue weighted by atomic mass is 10.1. The Bertz CT molecular complexity index is 519. The molecule has 0 aliphatic rings. The molecular weight excluding hydrogens is 271 g/mol. The van der Waals surface area contributed by atoms with Crippen LogP contribution in [0.5, 0.6) is 0 Å². The highest BCUT2D eigenvalue weighted by Crippen LogP contribution is 2.27. The van der Waals surface area contributed by atoms with Gasteiger partial charge in [-0.05, 0) is 12.6 Å². The fourth-order valence-corrected chi connectivity index (χ4v) is 2.16. The van der Waals surface area contributed by atoms with Gasteiger partial charge in [-0.1, -0.05) is 30.1 Å². The van der Waals surface area contributed by atoms with E-state index >= 15 is 0 Å². The van der Waals surface area contributed by atoms with Gasteiger partial charge in [-0.15, -0.1) is 0 Å². The van der Waals surface area contributed by atoms with Gasteiger partial charge in [-0.3, -0.25) is 4.98 Å². The van der Waals surface area contributed by atoms with E-state index in [2.05, 4.69) is 20.3 Å². The molecule has 0 aliphatic carbocycles. The van der Waals surface area contributed by atoms with Gasteiger partial charge >= 0.3 is 0 Å². The van der Waals surface area contributed by atoms with E-state index in [0.29, 0.717) is 10.0 Å². The summed E-state index contributed by atoms with van der Waals surface area (Å²) in [6, 6.07) is 1.54. The summed E-state index contributed by atoms with van der Waals surface area (Å²) < 4.78 is 0. The number of hydrogen-bond donors (Lipinski definition) is 1. The third-order valence-electron chi connectivity index (χ3n) is 2.43. The van der Waals surface area contributed by atoms with Crippen molar-refractivity contribution in [1.29, 1.82) is 0 Å². The van der Waals surface area contributed by atoms with Crippen LogP contribution in [0.4, 0.5) is 0 Å². The molecule has 1 atom stereocenters. The summed E-state index contributed by atoms with van der Waals surface area (Å²) in [4.78, 5) is 12.3. The van der Waals surface area contributed by atoms with Crippen molar-refractivity contribution < 1.29 is 0 Å². The van der Waals surface area contributed by atoms with Crippen LogP contribution in [-0.4, -0.2) is 21.5 Å². The molecule has 2 heterocycles. The first-order valence-corrected chi connectivity index (χ1v) is 6.27. The van der Waals surface area contributed by atoms with Crippen LogP contribution in [0.3, 0.4) is 0 Å². The summed E-state index contributed by atoms with van der Waals surface area (Å²) in [6.07, 6.45) is 6.56. The summed E-state index contributed by atoms with van der Waals surface area (Å²) in [5, 5.41) is 4.35. The minimum Gasteiger partial charge on any atom is -0.305 e. The van der Waals surface area contributed by atoms with Crippen molar-refractivity contribution in [3.05, 3.63) is 52.3 Å². The number of pyridine rings is 1. The van der Waals surface area contributed by atoms with Gasteiger partial charge in [0.15, 0.2) is 0 Å². The van der Waals surface area contributed by atoms with Gasteiger partial charge in [0.2, 0.25) is 0 Å². The summed E-state index contributed by atoms with van der Waals surface area (Å²) in [6.45, 7) is 2.79. The van der Waals surface area contributed by atoms with Gasteiger partial charge in [-0.2, -0.15) is 0 Å². The Morgan fingerprint density at radius 3 is 2.56 bits per heavy atom. The van der Waals surface area contributed by atoms with Gasteiger partial charge < -0.3 is 5.32 Å². The van der Waals surface area contributed by atoms with Crippen molar-refractivity contribution in [2.45, 2.75) is 13.0 Å². The average Bonchev–Trinajstić information content (AvgIpc) is 2.38. The summed E-state index contributed by atoms with van der Waals surface area (Å²) in [7, 11) is 0. The number of aromatic nitrogens is 3. The van der Waals surface area contributed by atoms with E-state index in [9.17, 15) is 0 Å². The smallest absolute Gasteiger partial charge is 0.115 e. The van der Waals surface area contributed by atoms with Crippen molar-refractivity contribution in [3.63, 3.8) is 0 Å². The fourth-order valence-electron chi connectivity index (χ4n) is 1.67. The highest BCUT2D eigenvalue weighted by atomic mass is 35.5. The second-order valence-corrected chi connectivity index (χ2v) is 4.53. The number of nitrogens with one attached hydrogen (secondary N) is 1. The van der Waals surface area contributed by atoms with Gasteiger partial charge in [0.25, 0.3) is 0 Å². The Morgan fingerprint density at radius 1 is 1.22 bits per heavy atom. The maximum absolute atomic E-state index is 6.18. The molecule has 0 bridgehead atoms. The van der Waals surface area contributed by atoms with Crippen molar-refractivity contribution >= 4 is 23.2 Å². The van der Waals surface area contributed by atoms with Crippen LogP contribution in [-0.2, 0) is 0 Å². The fraction of sp³-hybridized carbons (Fsp3) is 0.250. The Balaban J connectivity index is 2.41. The van der Waals surface area contributed by atoms with Crippen LogP contribution >= 0.6 is 23.2 Å². The molecule has 6 heteroatoms. The maximum Gasteiger partial charge on any atom is 0.115 e. The third-order valence-corrected chi connectivity index (χ3v) is 2.94. The zero-order chi connectivity index (χ0) is 13.0.